The normalized spacial score (nSPS) is 19.4. The Morgan fingerprint density at radius 3 is 2.42 bits per heavy atom. The van der Waals surface area contributed by atoms with E-state index >= 15 is 0 Å². The van der Waals surface area contributed by atoms with Crippen LogP contribution < -0.4 is 5.32 Å². The highest BCUT2D eigenvalue weighted by Crippen LogP contribution is 2.28. The third-order valence-electron chi connectivity index (χ3n) is 4.09. The van der Waals surface area contributed by atoms with Gasteiger partial charge in [0, 0.05) is 12.6 Å². The summed E-state index contributed by atoms with van der Waals surface area (Å²) in [6.45, 7) is 0.483. The summed E-state index contributed by atoms with van der Waals surface area (Å²) in [5, 5.41) is 11.7. The van der Waals surface area contributed by atoms with E-state index < -0.39 is 5.97 Å². The number of amides is 2. The van der Waals surface area contributed by atoms with Crippen molar-refractivity contribution in [1.82, 2.24) is 10.2 Å². The minimum atomic E-state index is -0.937. The van der Waals surface area contributed by atoms with Gasteiger partial charge in [0.15, 0.2) is 0 Å². The molecule has 0 aromatic rings. The second kappa shape index (κ2) is 6.78. The minimum absolute atomic E-state index is 0.144. The zero-order valence-electron chi connectivity index (χ0n) is 11.4. The van der Waals surface area contributed by atoms with E-state index in [9.17, 15) is 9.59 Å². The van der Waals surface area contributed by atoms with E-state index in [1.807, 2.05) is 0 Å². The molecule has 2 saturated carbocycles. The Kier molecular flexibility index (Phi) is 5.05. The first-order chi connectivity index (χ1) is 9.16. The van der Waals surface area contributed by atoms with Gasteiger partial charge in [0.1, 0.15) is 6.54 Å². The molecule has 0 aliphatic heterocycles. The van der Waals surface area contributed by atoms with Crippen molar-refractivity contribution < 1.29 is 14.7 Å². The third-order valence-corrected chi connectivity index (χ3v) is 4.09. The van der Waals surface area contributed by atoms with E-state index in [2.05, 4.69) is 5.32 Å². The van der Waals surface area contributed by atoms with Crippen LogP contribution in [0.3, 0.4) is 0 Å². The summed E-state index contributed by atoms with van der Waals surface area (Å²) >= 11 is 0. The molecule has 2 aliphatic rings. The number of hydrogen-bond acceptors (Lipinski definition) is 2. The van der Waals surface area contributed by atoms with E-state index in [1.165, 1.54) is 37.0 Å². The van der Waals surface area contributed by atoms with Crippen molar-refractivity contribution in [2.45, 2.75) is 57.4 Å². The molecule has 0 unspecified atom stereocenters. The molecule has 0 bridgehead atoms. The van der Waals surface area contributed by atoms with Crippen molar-refractivity contribution in [3.8, 4) is 0 Å². The number of nitrogens with zero attached hydrogens (tertiary/aromatic N) is 1. The summed E-state index contributed by atoms with van der Waals surface area (Å²) in [5.74, 6) is -0.0940. The highest BCUT2D eigenvalue weighted by atomic mass is 16.4. The van der Waals surface area contributed by atoms with Crippen LogP contribution in [0, 0.1) is 5.92 Å². The molecule has 0 spiro atoms. The molecule has 0 aromatic carbocycles. The Balaban J connectivity index is 1.62. The fourth-order valence-electron chi connectivity index (χ4n) is 2.89. The fourth-order valence-corrected chi connectivity index (χ4v) is 2.89. The van der Waals surface area contributed by atoms with E-state index in [-0.39, 0.29) is 18.6 Å². The van der Waals surface area contributed by atoms with Crippen LogP contribution in [0.25, 0.3) is 0 Å². The summed E-state index contributed by atoms with van der Waals surface area (Å²) in [6.07, 6.45) is 9.43. The van der Waals surface area contributed by atoms with E-state index in [0.717, 1.165) is 25.2 Å². The van der Waals surface area contributed by atoms with Crippen LogP contribution in [-0.2, 0) is 4.79 Å². The number of urea groups is 1. The molecule has 2 N–H and O–H groups in total. The number of carboxylic acids is 1. The molecular weight excluding hydrogens is 244 g/mol. The van der Waals surface area contributed by atoms with Gasteiger partial charge < -0.3 is 15.3 Å². The molecule has 2 amide bonds. The van der Waals surface area contributed by atoms with Crippen molar-refractivity contribution in [2.75, 3.05) is 13.1 Å². The second-order valence-electron chi connectivity index (χ2n) is 5.78. The zero-order chi connectivity index (χ0) is 13.7. The molecule has 2 rings (SSSR count). The maximum Gasteiger partial charge on any atom is 0.323 e. The van der Waals surface area contributed by atoms with Gasteiger partial charge in [-0.25, -0.2) is 4.79 Å². The van der Waals surface area contributed by atoms with Crippen LogP contribution in [0.5, 0.6) is 0 Å². The van der Waals surface area contributed by atoms with Crippen LogP contribution in [0.15, 0.2) is 0 Å². The fraction of sp³-hybridized carbons (Fsp3) is 0.857. The largest absolute Gasteiger partial charge is 0.480 e. The molecule has 0 atom stereocenters. The van der Waals surface area contributed by atoms with E-state index in [1.54, 1.807) is 0 Å². The van der Waals surface area contributed by atoms with Crippen LogP contribution in [0.1, 0.15) is 51.4 Å². The molecule has 0 heterocycles. The summed E-state index contributed by atoms with van der Waals surface area (Å²) in [4.78, 5) is 24.1. The zero-order valence-corrected chi connectivity index (χ0v) is 11.4. The van der Waals surface area contributed by atoms with Crippen LogP contribution in [0.2, 0.25) is 0 Å². The average Bonchev–Trinajstić information content (AvgIpc) is 3.08. The van der Waals surface area contributed by atoms with Gasteiger partial charge in [0.25, 0.3) is 0 Å². The van der Waals surface area contributed by atoms with Crippen molar-refractivity contribution in [2.24, 2.45) is 5.92 Å². The van der Waals surface area contributed by atoms with Crippen LogP contribution in [0.4, 0.5) is 4.79 Å². The summed E-state index contributed by atoms with van der Waals surface area (Å²) in [5.41, 5.74) is 0. The smallest absolute Gasteiger partial charge is 0.323 e. The standard InChI is InChI=1S/C14H24N2O3/c17-13(18)10-16(12-7-8-12)14(19)15-9-3-6-11-4-1-2-5-11/h11-12H,1-10H2,(H,15,19)(H,17,18). The third kappa shape index (κ3) is 4.73. The van der Waals surface area contributed by atoms with Crippen LogP contribution >= 0.6 is 0 Å². The Hall–Kier alpha value is -1.26. The van der Waals surface area contributed by atoms with Gasteiger partial charge >= 0.3 is 12.0 Å². The molecular formula is C14H24N2O3. The molecule has 0 radical (unpaired) electrons. The molecule has 2 aliphatic carbocycles. The molecule has 2 fully saturated rings. The lowest BCUT2D eigenvalue weighted by Crippen LogP contribution is -2.44. The van der Waals surface area contributed by atoms with Gasteiger partial charge in [-0.05, 0) is 31.6 Å². The van der Waals surface area contributed by atoms with E-state index in [0.29, 0.717) is 6.54 Å². The number of carboxylic acid groups (broad SMARTS) is 1. The highest BCUT2D eigenvalue weighted by molar-refractivity contribution is 5.80. The first-order valence-corrected chi connectivity index (χ1v) is 7.43. The summed E-state index contributed by atoms with van der Waals surface area (Å²) in [7, 11) is 0. The summed E-state index contributed by atoms with van der Waals surface area (Å²) < 4.78 is 0. The molecule has 0 saturated heterocycles. The molecule has 5 nitrogen and oxygen atoms in total. The molecule has 0 aromatic heterocycles. The van der Waals surface area contributed by atoms with Gasteiger partial charge in [0.2, 0.25) is 0 Å². The SMILES string of the molecule is O=C(O)CN(C(=O)NCCCC1CCCC1)C1CC1. The highest BCUT2D eigenvalue weighted by Gasteiger charge is 2.33. The second-order valence-corrected chi connectivity index (χ2v) is 5.78. The summed E-state index contributed by atoms with van der Waals surface area (Å²) in [6, 6.07) is -0.0674. The maximum atomic E-state index is 11.9. The Bertz CT molecular complexity index is 323. The quantitative estimate of drug-likeness (QED) is 0.695. The Morgan fingerprint density at radius 2 is 1.84 bits per heavy atom. The number of nitrogens with one attached hydrogen (secondary N) is 1. The Morgan fingerprint density at radius 1 is 1.16 bits per heavy atom. The molecule has 5 heteroatoms. The predicted molar refractivity (Wildman–Crippen MR) is 72.0 cm³/mol. The van der Waals surface area contributed by atoms with Crippen molar-refractivity contribution in [1.29, 1.82) is 0 Å². The van der Waals surface area contributed by atoms with Gasteiger partial charge in [-0.2, -0.15) is 0 Å². The first-order valence-electron chi connectivity index (χ1n) is 7.43. The number of aliphatic carboxylic acids is 1. The maximum absolute atomic E-state index is 11.9. The lowest BCUT2D eigenvalue weighted by atomic mass is 10.0. The van der Waals surface area contributed by atoms with Gasteiger partial charge in [-0.1, -0.05) is 25.7 Å². The topological polar surface area (TPSA) is 69.6 Å². The van der Waals surface area contributed by atoms with Gasteiger partial charge in [0.05, 0.1) is 0 Å². The van der Waals surface area contributed by atoms with Crippen molar-refractivity contribution in [3.05, 3.63) is 0 Å². The van der Waals surface area contributed by atoms with Gasteiger partial charge in [-0.3, -0.25) is 4.79 Å². The van der Waals surface area contributed by atoms with E-state index in [4.69, 9.17) is 5.11 Å². The number of carbonyl (C=O) groups is 2. The Labute approximate surface area is 114 Å². The average molecular weight is 268 g/mol. The lowest BCUT2D eigenvalue weighted by Gasteiger charge is -2.20. The van der Waals surface area contributed by atoms with Crippen molar-refractivity contribution in [3.63, 3.8) is 0 Å². The molecule has 108 valence electrons. The lowest BCUT2D eigenvalue weighted by molar-refractivity contribution is -0.137. The predicted octanol–water partition coefficient (Wildman–Crippen LogP) is 2.22. The van der Waals surface area contributed by atoms with Gasteiger partial charge in [-0.15, -0.1) is 0 Å². The van der Waals surface area contributed by atoms with Crippen molar-refractivity contribution >= 4 is 12.0 Å². The minimum Gasteiger partial charge on any atom is -0.480 e. The molecule has 19 heavy (non-hydrogen) atoms. The number of carbonyl (C=O) groups excluding carboxylic acids is 1. The first kappa shape index (κ1) is 14.2. The number of rotatable bonds is 7. The van der Waals surface area contributed by atoms with Crippen LogP contribution in [-0.4, -0.2) is 41.1 Å². The number of hydrogen-bond donors (Lipinski definition) is 2. The monoisotopic (exact) mass is 268 g/mol.